The van der Waals surface area contributed by atoms with Gasteiger partial charge >= 0.3 is 0 Å². The lowest BCUT2D eigenvalue weighted by molar-refractivity contribution is 0.0928. The molecule has 1 rings (SSSR count). The Kier molecular flexibility index (Phi) is 7.65. The first-order valence-electron chi connectivity index (χ1n) is 6.60. The lowest BCUT2D eigenvalue weighted by Crippen LogP contribution is -2.21. The minimum atomic E-state index is 0.522. The highest BCUT2D eigenvalue weighted by Crippen LogP contribution is 2.06. The Bertz CT molecular complexity index is 309. The number of nitrogens with one attached hydrogen (secondary N) is 1. The van der Waals surface area contributed by atoms with Gasteiger partial charge in [0.1, 0.15) is 0 Å². The quantitative estimate of drug-likeness (QED) is 0.685. The molecule has 0 bridgehead atoms. The standard InChI is InChI=1S/C15H25NO2/c1-13(2)16-11-14-5-7-15(8-6-14)12-18-10-4-9-17-3/h5-8,13,16H,4,9-12H2,1-3H3. The molecule has 0 spiro atoms. The van der Waals surface area contributed by atoms with Gasteiger partial charge in [-0.3, -0.25) is 0 Å². The van der Waals surface area contributed by atoms with Crippen molar-refractivity contribution in [1.29, 1.82) is 0 Å². The number of benzene rings is 1. The summed E-state index contributed by atoms with van der Waals surface area (Å²) in [6.45, 7) is 7.43. The highest BCUT2D eigenvalue weighted by molar-refractivity contribution is 5.21. The van der Waals surface area contributed by atoms with Crippen LogP contribution in [0, 0.1) is 0 Å². The predicted molar refractivity (Wildman–Crippen MR) is 74.6 cm³/mol. The smallest absolute Gasteiger partial charge is 0.0716 e. The second kappa shape index (κ2) is 9.09. The van der Waals surface area contributed by atoms with Crippen molar-refractivity contribution in [2.45, 2.75) is 39.5 Å². The van der Waals surface area contributed by atoms with E-state index < -0.39 is 0 Å². The highest BCUT2D eigenvalue weighted by atomic mass is 16.5. The van der Waals surface area contributed by atoms with Gasteiger partial charge in [-0.1, -0.05) is 38.1 Å². The third kappa shape index (κ3) is 6.74. The molecule has 102 valence electrons. The summed E-state index contributed by atoms with van der Waals surface area (Å²) in [5.74, 6) is 0. The average Bonchev–Trinajstić information content (AvgIpc) is 2.37. The van der Waals surface area contributed by atoms with Gasteiger partial charge in [-0.25, -0.2) is 0 Å². The lowest BCUT2D eigenvalue weighted by Gasteiger charge is -2.09. The van der Waals surface area contributed by atoms with Crippen LogP contribution in [0.1, 0.15) is 31.4 Å². The Morgan fingerprint density at radius 3 is 2.33 bits per heavy atom. The van der Waals surface area contributed by atoms with Crippen molar-refractivity contribution in [3.63, 3.8) is 0 Å². The summed E-state index contributed by atoms with van der Waals surface area (Å²) in [7, 11) is 1.71. The van der Waals surface area contributed by atoms with Crippen LogP contribution in [-0.4, -0.2) is 26.4 Å². The first-order valence-corrected chi connectivity index (χ1v) is 6.60. The Hall–Kier alpha value is -0.900. The number of ether oxygens (including phenoxy) is 2. The van der Waals surface area contributed by atoms with Crippen molar-refractivity contribution < 1.29 is 9.47 Å². The van der Waals surface area contributed by atoms with E-state index >= 15 is 0 Å². The van der Waals surface area contributed by atoms with E-state index in [4.69, 9.17) is 9.47 Å². The van der Waals surface area contributed by atoms with Crippen molar-refractivity contribution in [3.05, 3.63) is 35.4 Å². The van der Waals surface area contributed by atoms with Gasteiger partial charge in [0.25, 0.3) is 0 Å². The van der Waals surface area contributed by atoms with E-state index in [0.29, 0.717) is 12.6 Å². The first kappa shape index (κ1) is 15.2. The number of hydrogen-bond acceptors (Lipinski definition) is 3. The number of rotatable bonds is 9. The minimum absolute atomic E-state index is 0.522. The molecule has 0 unspecified atom stereocenters. The van der Waals surface area contributed by atoms with Gasteiger partial charge in [-0.05, 0) is 17.5 Å². The zero-order valence-electron chi connectivity index (χ0n) is 11.7. The fourth-order valence-electron chi connectivity index (χ4n) is 1.57. The molecule has 0 atom stereocenters. The van der Waals surface area contributed by atoms with Crippen molar-refractivity contribution in [2.24, 2.45) is 0 Å². The van der Waals surface area contributed by atoms with E-state index in [1.54, 1.807) is 7.11 Å². The maximum Gasteiger partial charge on any atom is 0.0716 e. The third-order valence-electron chi connectivity index (χ3n) is 2.64. The highest BCUT2D eigenvalue weighted by Gasteiger charge is 1.97. The molecule has 1 aromatic rings. The SMILES string of the molecule is COCCCOCc1ccc(CNC(C)C)cc1. The molecule has 0 saturated carbocycles. The summed E-state index contributed by atoms with van der Waals surface area (Å²) < 4.78 is 10.5. The maximum atomic E-state index is 5.56. The van der Waals surface area contributed by atoms with Crippen LogP contribution in [0.15, 0.2) is 24.3 Å². The van der Waals surface area contributed by atoms with E-state index in [9.17, 15) is 0 Å². The fourth-order valence-corrected chi connectivity index (χ4v) is 1.57. The molecule has 1 aromatic carbocycles. The largest absolute Gasteiger partial charge is 0.385 e. The van der Waals surface area contributed by atoms with Gasteiger partial charge in [0, 0.05) is 32.9 Å². The molecule has 3 nitrogen and oxygen atoms in total. The lowest BCUT2D eigenvalue weighted by atomic mass is 10.1. The molecule has 0 aromatic heterocycles. The zero-order chi connectivity index (χ0) is 13.2. The van der Waals surface area contributed by atoms with Gasteiger partial charge in [0.05, 0.1) is 6.61 Å². The molecule has 0 aliphatic carbocycles. The topological polar surface area (TPSA) is 30.5 Å². The number of hydrogen-bond donors (Lipinski definition) is 1. The summed E-state index contributed by atoms with van der Waals surface area (Å²) in [5.41, 5.74) is 2.53. The molecule has 3 heteroatoms. The Balaban J connectivity index is 2.23. The second-order valence-corrected chi connectivity index (χ2v) is 4.75. The average molecular weight is 251 g/mol. The van der Waals surface area contributed by atoms with E-state index in [1.165, 1.54) is 11.1 Å². The van der Waals surface area contributed by atoms with Crippen LogP contribution >= 0.6 is 0 Å². The van der Waals surface area contributed by atoms with Gasteiger partial charge in [-0.15, -0.1) is 0 Å². The molecule has 0 radical (unpaired) electrons. The molecule has 1 N–H and O–H groups in total. The van der Waals surface area contributed by atoms with Gasteiger partial charge in [0.15, 0.2) is 0 Å². The van der Waals surface area contributed by atoms with E-state index in [2.05, 4.69) is 43.4 Å². The Labute approximate surface area is 110 Å². The van der Waals surface area contributed by atoms with Gasteiger partial charge in [-0.2, -0.15) is 0 Å². The molecule has 0 fully saturated rings. The molecular weight excluding hydrogens is 226 g/mol. The fraction of sp³-hybridized carbons (Fsp3) is 0.600. The van der Waals surface area contributed by atoms with Gasteiger partial charge < -0.3 is 14.8 Å². The molecule has 0 aliphatic heterocycles. The van der Waals surface area contributed by atoms with Crippen molar-refractivity contribution in [3.8, 4) is 0 Å². The van der Waals surface area contributed by atoms with Crippen molar-refractivity contribution >= 4 is 0 Å². The summed E-state index contributed by atoms with van der Waals surface area (Å²) in [6, 6.07) is 9.10. The molecular formula is C15H25NO2. The monoisotopic (exact) mass is 251 g/mol. The predicted octanol–water partition coefficient (Wildman–Crippen LogP) is 2.74. The summed E-state index contributed by atoms with van der Waals surface area (Å²) in [5, 5.41) is 3.40. The third-order valence-corrected chi connectivity index (χ3v) is 2.64. The van der Waals surface area contributed by atoms with E-state index in [-0.39, 0.29) is 0 Å². The minimum Gasteiger partial charge on any atom is -0.385 e. The Morgan fingerprint density at radius 2 is 1.72 bits per heavy atom. The molecule has 0 heterocycles. The van der Waals surface area contributed by atoms with Crippen molar-refractivity contribution in [1.82, 2.24) is 5.32 Å². The van der Waals surface area contributed by atoms with E-state index in [1.807, 2.05) is 0 Å². The molecule has 0 saturated heterocycles. The molecule has 0 aliphatic rings. The summed E-state index contributed by atoms with van der Waals surface area (Å²) in [6.07, 6.45) is 0.951. The normalized spacial score (nSPS) is 11.1. The van der Waals surface area contributed by atoms with Crippen LogP contribution in [0.2, 0.25) is 0 Å². The maximum absolute atomic E-state index is 5.56. The first-order chi connectivity index (χ1) is 8.72. The zero-order valence-corrected chi connectivity index (χ0v) is 11.7. The molecule has 18 heavy (non-hydrogen) atoms. The second-order valence-electron chi connectivity index (χ2n) is 4.75. The molecule has 0 amide bonds. The summed E-state index contributed by atoms with van der Waals surface area (Å²) in [4.78, 5) is 0. The summed E-state index contributed by atoms with van der Waals surface area (Å²) >= 11 is 0. The van der Waals surface area contributed by atoms with Crippen LogP contribution < -0.4 is 5.32 Å². The van der Waals surface area contributed by atoms with Crippen LogP contribution in [0.5, 0.6) is 0 Å². The van der Waals surface area contributed by atoms with Crippen molar-refractivity contribution in [2.75, 3.05) is 20.3 Å². The van der Waals surface area contributed by atoms with E-state index in [0.717, 1.165) is 26.2 Å². The van der Waals surface area contributed by atoms with Crippen LogP contribution in [0.4, 0.5) is 0 Å². The van der Waals surface area contributed by atoms with Crippen LogP contribution in [0.3, 0.4) is 0 Å². The van der Waals surface area contributed by atoms with Crippen LogP contribution in [0.25, 0.3) is 0 Å². The van der Waals surface area contributed by atoms with Gasteiger partial charge in [0.2, 0.25) is 0 Å². The Morgan fingerprint density at radius 1 is 1.06 bits per heavy atom. The van der Waals surface area contributed by atoms with Crippen LogP contribution in [-0.2, 0) is 22.6 Å². The number of methoxy groups -OCH3 is 1.